The van der Waals surface area contributed by atoms with E-state index in [0.29, 0.717) is 0 Å². The number of non-ortho nitro benzene ring substituents is 1. The van der Waals surface area contributed by atoms with Gasteiger partial charge in [-0.15, -0.1) is 0 Å². The average Bonchev–Trinajstić information content (AvgIpc) is 2.52. The van der Waals surface area contributed by atoms with Gasteiger partial charge in [-0.25, -0.2) is 0 Å². The van der Waals surface area contributed by atoms with Gasteiger partial charge in [0, 0.05) is 17.7 Å². The molecule has 1 heterocycles. The van der Waals surface area contributed by atoms with Crippen molar-refractivity contribution in [2.24, 2.45) is 0 Å². The van der Waals surface area contributed by atoms with Gasteiger partial charge in [0.15, 0.2) is 6.10 Å². The lowest BCUT2D eigenvalue weighted by molar-refractivity contribution is -0.384. The van der Waals surface area contributed by atoms with Crippen LogP contribution in [-0.4, -0.2) is 62.5 Å². The van der Waals surface area contributed by atoms with Crippen molar-refractivity contribution in [1.82, 2.24) is 0 Å². The second-order valence-electron chi connectivity index (χ2n) is 5.18. The van der Waals surface area contributed by atoms with E-state index in [1.54, 1.807) is 0 Å². The molecule has 2 rings (SSSR count). The Labute approximate surface area is 128 Å². The number of nitro groups is 1. The van der Waals surface area contributed by atoms with Crippen LogP contribution in [0.3, 0.4) is 0 Å². The summed E-state index contributed by atoms with van der Waals surface area (Å²) >= 11 is 0. The summed E-state index contributed by atoms with van der Waals surface area (Å²) in [6, 6.07) is 3.35. The minimum Gasteiger partial charge on any atom is -0.394 e. The van der Waals surface area contributed by atoms with Gasteiger partial charge in [-0.3, -0.25) is 10.1 Å². The number of hydrogen-bond acceptors (Lipinski definition) is 7. The Morgan fingerprint density at radius 3 is 2.17 bits per heavy atom. The maximum atomic E-state index is 14.5. The number of halogens is 2. The SMILES string of the molecule is O=[N+]([O-])c1ccc(C(F)(F)C2OC(CO)C(O)C(O)C2O)cc1. The molecule has 5 atom stereocenters. The summed E-state index contributed by atoms with van der Waals surface area (Å²) in [5.74, 6) is -3.82. The number of alkyl halides is 2. The summed E-state index contributed by atoms with van der Waals surface area (Å²) in [6.07, 6.45) is -9.51. The van der Waals surface area contributed by atoms with E-state index in [1.165, 1.54) is 0 Å². The van der Waals surface area contributed by atoms with Crippen molar-refractivity contribution >= 4 is 5.69 Å². The van der Waals surface area contributed by atoms with Crippen molar-refractivity contribution in [3.05, 3.63) is 39.9 Å². The summed E-state index contributed by atoms with van der Waals surface area (Å²) in [7, 11) is 0. The van der Waals surface area contributed by atoms with Crippen molar-refractivity contribution < 1.29 is 38.9 Å². The fourth-order valence-electron chi connectivity index (χ4n) is 2.37. The molecular formula is C13H15F2NO7. The number of hydrogen-bond donors (Lipinski definition) is 4. The van der Waals surface area contributed by atoms with Crippen molar-refractivity contribution in [2.75, 3.05) is 6.61 Å². The summed E-state index contributed by atoms with van der Waals surface area (Å²) in [6.45, 7) is -0.836. The first-order valence-electron chi connectivity index (χ1n) is 6.63. The second kappa shape index (κ2) is 6.42. The molecule has 1 fully saturated rings. The normalized spacial score (nSPS) is 31.8. The number of benzene rings is 1. The van der Waals surface area contributed by atoms with Gasteiger partial charge in [0.1, 0.15) is 24.4 Å². The first-order chi connectivity index (χ1) is 10.7. The van der Waals surface area contributed by atoms with Crippen LogP contribution in [0.5, 0.6) is 0 Å². The molecule has 0 aromatic heterocycles. The zero-order chi connectivity index (χ0) is 17.4. The standard InChI is InChI=1S/C13H15F2NO7/c14-13(15,6-1-3-7(4-2-6)16(21)22)12-11(20)10(19)9(18)8(5-17)23-12/h1-4,8-12,17-20H,5H2. The van der Waals surface area contributed by atoms with Crippen molar-refractivity contribution in [3.8, 4) is 0 Å². The second-order valence-corrected chi connectivity index (χ2v) is 5.18. The molecular weight excluding hydrogens is 320 g/mol. The highest BCUT2D eigenvalue weighted by Crippen LogP contribution is 2.39. The lowest BCUT2D eigenvalue weighted by atomic mass is 9.89. The van der Waals surface area contributed by atoms with Crippen molar-refractivity contribution in [2.45, 2.75) is 36.4 Å². The lowest BCUT2D eigenvalue weighted by Crippen LogP contribution is -2.62. The molecule has 0 spiro atoms. The van der Waals surface area contributed by atoms with E-state index in [9.17, 15) is 34.2 Å². The Hall–Kier alpha value is -1.72. The number of ether oxygens (including phenoxy) is 1. The van der Waals surface area contributed by atoms with E-state index in [0.717, 1.165) is 24.3 Å². The van der Waals surface area contributed by atoms with Crippen LogP contribution >= 0.6 is 0 Å². The van der Waals surface area contributed by atoms with Crippen LogP contribution in [-0.2, 0) is 10.7 Å². The zero-order valence-corrected chi connectivity index (χ0v) is 11.6. The van der Waals surface area contributed by atoms with Crippen LogP contribution in [0.2, 0.25) is 0 Å². The Morgan fingerprint density at radius 2 is 1.70 bits per heavy atom. The summed E-state index contributed by atoms with van der Waals surface area (Å²) in [4.78, 5) is 9.79. The molecule has 0 bridgehead atoms. The minimum absolute atomic E-state index is 0.390. The highest BCUT2D eigenvalue weighted by atomic mass is 19.3. The third-order valence-corrected chi connectivity index (χ3v) is 3.71. The molecule has 8 nitrogen and oxygen atoms in total. The van der Waals surface area contributed by atoms with Crippen LogP contribution in [0.4, 0.5) is 14.5 Å². The van der Waals surface area contributed by atoms with Crippen LogP contribution in [0.1, 0.15) is 5.56 Å². The van der Waals surface area contributed by atoms with Crippen LogP contribution in [0.15, 0.2) is 24.3 Å². The molecule has 1 aromatic rings. The summed E-state index contributed by atoms with van der Waals surface area (Å²) in [5.41, 5.74) is -1.06. The Balaban J connectivity index is 2.31. The number of rotatable bonds is 4. The smallest absolute Gasteiger partial charge is 0.301 e. The molecule has 0 saturated carbocycles. The summed E-state index contributed by atoms with van der Waals surface area (Å²) in [5, 5.41) is 48.5. The van der Waals surface area contributed by atoms with E-state index in [-0.39, 0.29) is 0 Å². The van der Waals surface area contributed by atoms with Crippen LogP contribution in [0, 0.1) is 10.1 Å². The fourth-order valence-corrected chi connectivity index (χ4v) is 2.37. The molecule has 1 aromatic carbocycles. The monoisotopic (exact) mass is 335 g/mol. The van der Waals surface area contributed by atoms with Gasteiger partial charge in [-0.05, 0) is 12.1 Å². The Kier molecular flexibility index (Phi) is 4.92. The van der Waals surface area contributed by atoms with Gasteiger partial charge < -0.3 is 25.2 Å². The quantitative estimate of drug-likeness (QED) is 0.432. The van der Waals surface area contributed by atoms with Gasteiger partial charge in [0.05, 0.1) is 11.5 Å². The van der Waals surface area contributed by atoms with E-state index < -0.39 is 59.2 Å². The molecule has 1 aliphatic heterocycles. The lowest BCUT2D eigenvalue weighted by Gasteiger charge is -2.42. The average molecular weight is 335 g/mol. The highest BCUT2D eigenvalue weighted by Gasteiger charge is 2.55. The number of aliphatic hydroxyl groups is 4. The molecule has 1 aliphatic rings. The van der Waals surface area contributed by atoms with Crippen molar-refractivity contribution in [1.29, 1.82) is 0 Å². The topological polar surface area (TPSA) is 133 Å². The molecule has 128 valence electrons. The first kappa shape index (κ1) is 17.6. The molecule has 5 unspecified atom stereocenters. The van der Waals surface area contributed by atoms with E-state index >= 15 is 0 Å². The number of nitrogens with zero attached hydrogens (tertiary/aromatic N) is 1. The summed E-state index contributed by atoms with van der Waals surface area (Å²) < 4.78 is 33.8. The maximum Gasteiger partial charge on any atom is 0.301 e. The molecule has 1 saturated heterocycles. The molecule has 23 heavy (non-hydrogen) atoms. The predicted molar refractivity (Wildman–Crippen MR) is 70.8 cm³/mol. The van der Waals surface area contributed by atoms with E-state index in [4.69, 9.17) is 9.84 Å². The number of nitro benzene ring substituents is 1. The van der Waals surface area contributed by atoms with Crippen LogP contribution in [0.25, 0.3) is 0 Å². The molecule has 4 N–H and O–H groups in total. The fraction of sp³-hybridized carbons (Fsp3) is 0.538. The third-order valence-electron chi connectivity index (χ3n) is 3.71. The number of aliphatic hydroxyl groups excluding tert-OH is 4. The molecule has 0 amide bonds. The van der Waals surface area contributed by atoms with Crippen molar-refractivity contribution in [3.63, 3.8) is 0 Å². The molecule has 0 radical (unpaired) electrons. The highest BCUT2D eigenvalue weighted by molar-refractivity contribution is 5.35. The third kappa shape index (κ3) is 3.16. The van der Waals surface area contributed by atoms with Crippen LogP contribution < -0.4 is 0 Å². The zero-order valence-electron chi connectivity index (χ0n) is 11.6. The van der Waals surface area contributed by atoms with E-state index in [1.807, 2.05) is 0 Å². The molecule has 0 aliphatic carbocycles. The first-order valence-corrected chi connectivity index (χ1v) is 6.63. The minimum atomic E-state index is -3.82. The Bertz CT molecular complexity index is 566. The molecule has 10 heteroatoms. The largest absolute Gasteiger partial charge is 0.394 e. The van der Waals surface area contributed by atoms with Gasteiger partial charge in [0.25, 0.3) is 5.69 Å². The maximum absolute atomic E-state index is 14.5. The van der Waals surface area contributed by atoms with Gasteiger partial charge in [-0.1, -0.05) is 0 Å². The van der Waals surface area contributed by atoms with Gasteiger partial charge >= 0.3 is 5.92 Å². The van der Waals surface area contributed by atoms with Gasteiger partial charge in [0.2, 0.25) is 0 Å². The predicted octanol–water partition coefficient (Wildman–Crippen LogP) is -0.471. The Morgan fingerprint density at radius 1 is 1.13 bits per heavy atom. The van der Waals surface area contributed by atoms with E-state index in [2.05, 4.69) is 0 Å². The van der Waals surface area contributed by atoms with Gasteiger partial charge in [-0.2, -0.15) is 8.78 Å².